The Kier molecular flexibility index (Phi) is 5.99. The predicted molar refractivity (Wildman–Crippen MR) is 99.8 cm³/mol. The quantitative estimate of drug-likeness (QED) is 0.752. The van der Waals surface area contributed by atoms with Crippen molar-refractivity contribution in [1.82, 2.24) is 0 Å². The number of hydrogen-bond donors (Lipinski definition) is 1. The van der Waals surface area contributed by atoms with Gasteiger partial charge in [-0.25, -0.2) is 0 Å². The fourth-order valence-corrected chi connectivity index (χ4v) is 2.46. The molecule has 0 spiro atoms. The first-order valence-corrected chi connectivity index (χ1v) is 8.11. The van der Waals surface area contributed by atoms with Crippen molar-refractivity contribution in [2.75, 3.05) is 12.4 Å². The molecule has 0 amide bonds. The van der Waals surface area contributed by atoms with Crippen molar-refractivity contribution in [1.29, 1.82) is 0 Å². The Morgan fingerprint density at radius 1 is 1.13 bits per heavy atom. The number of methoxy groups -OCH3 is 1. The molecule has 0 aromatic heterocycles. The number of anilines is 1. The Morgan fingerprint density at radius 2 is 1.91 bits per heavy atom. The largest absolute Gasteiger partial charge is 0.495 e. The summed E-state index contributed by atoms with van der Waals surface area (Å²) in [6.07, 6.45) is 0.782. The number of para-hydroxylation sites is 1. The van der Waals surface area contributed by atoms with Gasteiger partial charge in [-0.2, -0.15) is 0 Å². The van der Waals surface area contributed by atoms with E-state index in [0.29, 0.717) is 6.61 Å². The van der Waals surface area contributed by atoms with E-state index in [4.69, 9.17) is 21.7 Å². The molecule has 0 fully saturated rings. The van der Waals surface area contributed by atoms with Crippen LogP contribution in [0.15, 0.2) is 36.4 Å². The maximum Gasteiger partial charge on any atom is 0.142 e. The van der Waals surface area contributed by atoms with E-state index in [1.807, 2.05) is 31.2 Å². The molecule has 2 aromatic carbocycles. The first kappa shape index (κ1) is 17.3. The average molecular weight is 329 g/mol. The van der Waals surface area contributed by atoms with E-state index in [9.17, 15) is 0 Å². The Morgan fingerprint density at radius 3 is 2.57 bits per heavy atom. The first-order valence-electron chi connectivity index (χ1n) is 7.71. The molecule has 23 heavy (non-hydrogen) atoms. The third-order valence-electron chi connectivity index (χ3n) is 3.63. The molecule has 3 nitrogen and oxygen atoms in total. The van der Waals surface area contributed by atoms with E-state index in [-0.39, 0.29) is 0 Å². The van der Waals surface area contributed by atoms with Crippen LogP contribution < -0.4 is 14.8 Å². The van der Waals surface area contributed by atoms with Gasteiger partial charge in [-0.3, -0.25) is 0 Å². The zero-order valence-corrected chi connectivity index (χ0v) is 14.9. The van der Waals surface area contributed by atoms with E-state index >= 15 is 0 Å². The van der Waals surface area contributed by atoms with Crippen LogP contribution >= 0.6 is 12.2 Å². The fraction of sp³-hybridized carbons (Fsp3) is 0.316. The van der Waals surface area contributed by atoms with Crippen molar-refractivity contribution in [3.05, 3.63) is 53.1 Å². The van der Waals surface area contributed by atoms with E-state index in [2.05, 4.69) is 31.3 Å². The van der Waals surface area contributed by atoms with Gasteiger partial charge in [-0.15, -0.1) is 0 Å². The van der Waals surface area contributed by atoms with Crippen molar-refractivity contribution >= 4 is 22.9 Å². The topological polar surface area (TPSA) is 30.5 Å². The van der Waals surface area contributed by atoms with Gasteiger partial charge in [0.05, 0.1) is 17.8 Å². The van der Waals surface area contributed by atoms with Crippen LogP contribution in [-0.2, 0) is 6.61 Å². The Hall–Kier alpha value is -2.07. The lowest BCUT2D eigenvalue weighted by Gasteiger charge is -2.17. The molecule has 0 atom stereocenters. The van der Waals surface area contributed by atoms with Crippen molar-refractivity contribution in [3.63, 3.8) is 0 Å². The summed E-state index contributed by atoms with van der Waals surface area (Å²) in [4.78, 5) is 0.780. The van der Waals surface area contributed by atoms with Crippen LogP contribution in [0, 0.1) is 13.8 Å². The van der Waals surface area contributed by atoms with E-state index in [0.717, 1.165) is 39.7 Å². The van der Waals surface area contributed by atoms with Crippen LogP contribution in [0.25, 0.3) is 0 Å². The normalized spacial score (nSPS) is 10.3. The summed E-state index contributed by atoms with van der Waals surface area (Å²) in [5, 5.41) is 3.27. The Labute approximate surface area is 143 Å². The third kappa shape index (κ3) is 4.45. The van der Waals surface area contributed by atoms with Crippen LogP contribution in [0.2, 0.25) is 0 Å². The second kappa shape index (κ2) is 7.97. The molecule has 0 aliphatic rings. The minimum atomic E-state index is 0.454. The summed E-state index contributed by atoms with van der Waals surface area (Å²) < 4.78 is 11.4. The maximum atomic E-state index is 5.99. The van der Waals surface area contributed by atoms with Crippen molar-refractivity contribution in [2.24, 2.45) is 0 Å². The van der Waals surface area contributed by atoms with Crippen LogP contribution in [0.3, 0.4) is 0 Å². The van der Waals surface area contributed by atoms with Gasteiger partial charge >= 0.3 is 0 Å². The summed E-state index contributed by atoms with van der Waals surface area (Å²) in [6, 6.07) is 12.1. The molecule has 0 saturated carbocycles. The second-order valence-electron chi connectivity index (χ2n) is 5.45. The number of nitrogens with one attached hydrogen (secondary N) is 1. The van der Waals surface area contributed by atoms with E-state index in [1.54, 1.807) is 7.11 Å². The van der Waals surface area contributed by atoms with Gasteiger partial charge in [0.15, 0.2) is 0 Å². The second-order valence-corrected chi connectivity index (χ2v) is 5.95. The molecule has 122 valence electrons. The highest BCUT2D eigenvalue weighted by Crippen LogP contribution is 2.30. The van der Waals surface area contributed by atoms with Crippen molar-refractivity contribution < 1.29 is 9.47 Å². The zero-order valence-electron chi connectivity index (χ0n) is 14.1. The van der Waals surface area contributed by atoms with Crippen LogP contribution in [0.4, 0.5) is 5.69 Å². The SMILES string of the molecule is CCC(=S)Nc1c(COc2ccc(C)cc2C)cccc1OC. The smallest absolute Gasteiger partial charge is 0.142 e. The number of rotatable bonds is 6. The molecule has 0 aliphatic heterocycles. The van der Waals surface area contributed by atoms with Gasteiger partial charge in [0, 0.05) is 5.56 Å². The number of benzene rings is 2. The van der Waals surface area contributed by atoms with E-state index in [1.165, 1.54) is 5.56 Å². The number of ether oxygens (including phenoxy) is 2. The Balaban J connectivity index is 2.23. The van der Waals surface area contributed by atoms with E-state index < -0.39 is 0 Å². The molecule has 0 aliphatic carbocycles. The highest BCUT2D eigenvalue weighted by Gasteiger charge is 2.11. The zero-order chi connectivity index (χ0) is 16.8. The lowest BCUT2D eigenvalue weighted by Crippen LogP contribution is -2.11. The number of hydrogen-bond acceptors (Lipinski definition) is 3. The molecule has 0 bridgehead atoms. The number of aryl methyl sites for hydroxylation is 2. The fourth-order valence-electron chi connectivity index (χ4n) is 2.35. The standard InChI is InChI=1S/C19H23NO2S/c1-5-18(23)20-19-15(7-6-8-17(19)21-4)12-22-16-10-9-13(2)11-14(16)3/h6-11H,5,12H2,1-4H3,(H,20,23). The van der Waals surface area contributed by atoms with Gasteiger partial charge in [-0.05, 0) is 38.0 Å². The molecular formula is C19H23NO2S. The molecule has 0 unspecified atom stereocenters. The summed E-state index contributed by atoms with van der Waals surface area (Å²) in [6.45, 7) is 6.61. The Bertz CT molecular complexity index is 698. The predicted octanol–water partition coefficient (Wildman–Crippen LogP) is 5.04. The van der Waals surface area contributed by atoms with Gasteiger partial charge in [0.1, 0.15) is 18.1 Å². The molecule has 0 saturated heterocycles. The molecular weight excluding hydrogens is 306 g/mol. The summed E-state index contributed by atoms with van der Waals surface area (Å²) in [5.41, 5.74) is 4.25. The van der Waals surface area contributed by atoms with Crippen molar-refractivity contribution in [2.45, 2.75) is 33.8 Å². The molecule has 2 rings (SSSR count). The molecule has 4 heteroatoms. The summed E-state index contributed by atoms with van der Waals surface area (Å²) in [7, 11) is 1.66. The molecule has 0 heterocycles. The first-order chi connectivity index (χ1) is 11.0. The van der Waals surface area contributed by atoms with Gasteiger partial charge < -0.3 is 14.8 Å². The van der Waals surface area contributed by atoms with Gasteiger partial charge in [-0.1, -0.05) is 49.0 Å². The monoisotopic (exact) mass is 329 g/mol. The van der Waals surface area contributed by atoms with Crippen molar-refractivity contribution in [3.8, 4) is 11.5 Å². The molecule has 2 aromatic rings. The highest BCUT2D eigenvalue weighted by molar-refractivity contribution is 7.80. The van der Waals surface area contributed by atoms with Crippen LogP contribution in [0.5, 0.6) is 11.5 Å². The highest BCUT2D eigenvalue weighted by atomic mass is 32.1. The average Bonchev–Trinajstić information content (AvgIpc) is 2.54. The van der Waals surface area contributed by atoms with Gasteiger partial charge in [0.2, 0.25) is 0 Å². The molecule has 1 N–H and O–H groups in total. The third-order valence-corrected chi connectivity index (χ3v) is 4.02. The lowest BCUT2D eigenvalue weighted by atomic mass is 10.1. The summed E-state index contributed by atoms with van der Waals surface area (Å²) >= 11 is 5.31. The van der Waals surface area contributed by atoms with Gasteiger partial charge in [0.25, 0.3) is 0 Å². The number of thiocarbonyl (C=S) groups is 1. The van der Waals surface area contributed by atoms with Crippen LogP contribution in [-0.4, -0.2) is 12.1 Å². The maximum absolute atomic E-state index is 5.99. The minimum Gasteiger partial charge on any atom is -0.495 e. The van der Waals surface area contributed by atoms with Crippen LogP contribution in [0.1, 0.15) is 30.0 Å². The summed E-state index contributed by atoms with van der Waals surface area (Å²) in [5.74, 6) is 1.66. The molecule has 0 radical (unpaired) electrons. The minimum absolute atomic E-state index is 0.454. The lowest BCUT2D eigenvalue weighted by molar-refractivity contribution is 0.304.